The van der Waals surface area contributed by atoms with Crippen LogP contribution in [0.4, 0.5) is 4.39 Å². The summed E-state index contributed by atoms with van der Waals surface area (Å²) in [4.78, 5) is 0. The fraction of sp³-hybridized carbons (Fsp3) is 0.222. The summed E-state index contributed by atoms with van der Waals surface area (Å²) in [7, 11) is 0. The third-order valence-electron chi connectivity index (χ3n) is 1.73. The van der Waals surface area contributed by atoms with E-state index in [1.807, 2.05) is 6.07 Å². The molecule has 0 fully saturated rings. The first-order valence-corrected chi connectivity index (χ1v) is 4.43. The Morgan fingerprint density at radius 1 is 1.62 bits per heavy atom. The minimum atomic E-state index is -0.536. The SMILES string of the molecule is CC(C#N)c1cc(Br)c(F)cc1O. The van der Waals surface area contributed by atoms with Crippen LogP contribution in [0.5, 0.6) is 5.75 Å². The van der Waals surface area contributed by atoms with Gasteiger partial charge in [0.1, 0.15) is 11.6 Å². The van der Waals surface area contributed by atoms with Crippen molar-refractivity contribution in [2.75, 3.05) is 0 Å². The molecule has 0 spiro atoms. The Morgan fingerprint density at radius 2 is 2.23 bits per heavy atom. The number of phenols is 1. The summed E-state index contributed by atoms with van der Waals surface area (Å²) in [6.07, 6.45) is 0. The zero-order chi connectivity index (χ0) is 10.0. The van der Waals surface area contributed by atoms with Crippen molar-refractivity contribution in [1.82, 2.24) is 0 Å². The van der Waals surface area contributed by atoms with E-state index < -0.39 is 11.7 Å². The van der Waals surface area contributed by atoms with Crippen LogP contribution in [-0.2, 0) is 0 Å². The Bertz CT molecular complexity index is 373. The van der Waals surface area contributed by atoms with Gasteiger partial charge in [0.05, 0.1) is 16.5 Å². The Kier molecular flexibility index (Phi) is 2.89. The van der Waals surface area contributed by atoms with Gasteiger partial charge < -0.3 is 5.11 Å². The fourth-order valence-corrected chi connectivity index (χ4v) is 1.33. The number of aromatic hydroxyl groups is 1. The van der Waals surface area contributed by atoms with Crippen LogP contribution in [-0.4, -0.2) is 5.11 Å². The second kappa shape index (κ2) is 3.75. The molecule has 0 heterocycles. The van der Waals surface area contributed by atoms with Gasteiger partial charge in [0.2, 0.25) is 0 Å². The van der Waals surface area contributed by atoms with Gasteiger partial charge in [0.25, 0.3) is 0 Å². The predicted octanol–water partition coefficient (Wildman–Crippen LogP) is 2.92. The van der Waals surface area contributed by atoms with Crippen LogP contribution in [0.15, 0.2) is 16.6 Å². The summed E-state index contributed by atoms with van der Waals surface area (Å²) in [5, 5.41) is 17.9. The van der Waals surface area contributed by atoms with E-state index in [1.54, 1.807) is 6.92 Å². The second-order valence-electron chi connectivity index (χ2n) is 2.68. The smallest absolute Gasteiger partial charge is 0.141 e. The molecule has 0 aliphatic heterocycles. The minimum absolute atomic E-state index is 0.185. The van der Waals surface area contributed by atoms with Crippen LogP contribution in [0.1, 0.15) is 18.4 Å². The predicted molar refractivity (Wildman–Crippen MR) is 49.8 cm³/mol. The average molecular weight is 244 g/mol. The Labute approximate surface area is 83.7 Å². The Morgan fingerprint density at radius 3 is 2.77 bits per heavy atom. The molecule has 1 rings (SSSR count). The quantitative estimate of drug-likeness (QED) is 0.825. The van der Waals surface area contributed by atoms with Crippen LogP contribution in [0.25, 0.3) is 0 Å². The molecule has 1 unspecified atom stereocenters. The average Bonchev–Trinajstić information content (AvgIpc) is 2.10. The molecule has 13 heavy (non-hydrogen) atoms. The molecule has 0 bridgehead atoms. The molecule has 0 radical (unpaired) electrons. The van der Waals surface area contributed by atoms with E-state index in [0.29, 0.717) is 5.56 Å². The standard InChI is InChI=1S/C9H7BrFNO/c1-5(4-12)6-2-7(10)8(11)3-9(6)13/h2-3,5,13H,1H3. The third kappa shape index (κ3) is 1.99. The molecular formula is C9H7BrFNO. The van der Waals surface area contributed by atoms with Crippen molar-refractivity contribution in [3.05, 3.63) is 28.0 Å². The number of nitrogens with zero attached hydrogens (tertiary/aromatic N) is 1. The molecule has 0 saturated carbocycles. The molecule has 0 aromatic heterocycles. The zero-order valence-corrected chi connectivity index (χ0v) is 8.47. The summed E-state index contributed by atoms with van der Waals surface area (Å²) in [6, 6.07) is 4.37. The maximum Gasteiger partial charge on any atom is 0.141 e. The lowest BCUT2D eigenvalue weighted by Gasteiger charge is -2.06. The molecule has 0 aliphatic carbocycles. The molecule has 1 N–H and O–H groups in total. The van der Waals surface area contributed by atoms with Crippen molar-refractivity contribution >= 4 is 15.9 Å². The van der Waals surface area contributed by atoms with Gasteiger partial charge in [0.15, 0.2) is 0 Å². The van der Waals surface area contributed by atoms with Crippen LogP contribution >= 0.6 is 15.9 Å². The molecule has 1 aromatic carbocycles. The number of rotatable bonds is 1. The highest BCUT2D eigenvalue weighted by Gasteiger charge is 2.12. The fourth-order valence-electron chi connectivity index (χ4n) is 0.968. The normalized spacial score (nSPS) is 12.2. The van der Waals surface area contributed by atoms with Gasteiger partial charge in [0, 0.05) is 11.6 Å². The van der Waals surface area contributed by atoms with Gasteiger partial charge >= 0.3 is 0 Å². The number of halogens is 2. The number of hydrogen-bond acceptors (Lipinski definition) is 2. The van der Waals surface area contributed by atoms with E-state index in [0.717, 1.165) is 6.07 Å². The first kappa shape index (κ1) is 10.0. The minimum Gasteiger partial charge on any atom is -0.508 e. The number of nitriles is 1. The second-order valence-corrected chi connectivity index (χ2v) is 3.53. The van der Waals surface area contributed by atoms with Crippen molar-refractivity contribution in [2.24, 2.45) is 0 Å². The van der Waals surface area contributed by atoms with Crippen LogP contribution < -0.4 is 0 Å². The van der Waals surface area contributed by atoms with Gasteiger partial charge in [-0.1, -0.05) is 0 Å². The highest BCUT2D eigenvalue weighted by Crippen LogP contribution is 2.30. The number of phenolic OH excluding ortho intramolecular Hbond substituents is 1. The van der Waals surface area contributed by atoms with Gasteiger partial charge in [-0.15, -0.1) is 0 Å². The molecule has 0 aliphatic rings. The summed E-state index contributed by atoms with van der Waals surface area (Å²) in [5.41, 5.74) is 0.427. The maximum atomic E-state index is 12.8. The van der Waals surface area contributed by atoms with Gasteiger partial charge in [-0.2, -0.15) is 5.26 Å². The van der Waals surface area contributed by atoms with Crippen LogP contribution in [0.2, 0.25) is 0 Å². The monoisotopic (exact) mass is 243 g/mol. The first-order chi connectivity index (χ1) is 6.06. The van der Waals surface area contributed by atoms with Crippen molar-refractivity contribution in [2.45, 2.75) is 12.8 Å². The number of benzene rings is 1. The Balaban J connectivity index is 3.25. The lowest BCUT2D eigenvalue weighted by Crippen LogP contribution is -1.92. The van der Waals surface area contributed by atoms with Crippen molar-refractivity contribution in [3.63, 3.8) is 0 Å². The topological polar surface area (TPSA) is 44.0 Å². The molecule has 0 saturated heterocycles. The van der Waals surface area contributed by atoms with Crippen LogP contribution in [0, 0.1) is 17.1 Å². The summed E-state index contributed by atoms with van der Waals surface area (Å²) in [6.45, 7) is 1.64. The molecule has 0 amide bonds. The first-order valence-electron chi connectivity index (χ1n) is 3.63. The van der Waals surface area contributed by atoms with Crippen molar-refractivity contribution < 1.29 is 9.50 Å². The molecule has 68 valence electrons. The van der Waals surface area contributed by atoms with E-state index in [4.69, 9.17) is 5.26 Å². The summed E-state index contributed by atoms with van der Waals surface area (Å²) >= 11 is 2.98. The van der Waals surface area contributed by atoms with Crippen molar-refractivity contribution in [3.8, 4) is 11.8 Å². The van der Waals surface area contributed by atoms with E-state index in [-0.39, 0.29) is 10.2 Å². The summed E-state index contributed by atoms with van der Waals surface area (Å²) in [5.74, 6) is -1.17. The van der Waals surface area contributed by atoms with Gasteiger partial charge in [-0.25, -0.2) is 4.39 Å². The molecule has 2 nitrogen and oxygen atoms in total. The molecular weight excluding hydrogens is 237 g/mol. The molecule has 1 atom stereocenters. The van der Waals surface area contributed by atoms with Gasteiger partial charge in [-0.3, -0.25) is 0 Å². The Hall–Kier alpha value is -1.08. The largest absolute Gasteiger partial charge is 0.508 e. The zero-order valence-electron chi connectivity index (χ0n) is 6.88. The lowest BCUT2D eigenvalue weighted by atomic mass is 10.0. The van der Waals surface area contributed by atoms with Gasteiger partial charge in [-0.05, 0) is 28.9 Å². The molecule has 4 heteroatoms. The van der Waals surface area contributed by atoms with E-state index in [2.05, 4.69) is 15.9 Å². The van der Waals surface area contributed by atoms with Crippen molar-refractivity contribution in [1.29, 1.82) is 5.26 Å². The lowest BCUT2D eigenvalue weighted by molar-refractivity contribution is 0.460. The number of hydrogen-bond donors (Lipinski definition) is 1. The van der Waals surface area contributed by atoms with E-state index in [1.165, 1.54) is 6.07 Å². The summed E-state index contributed by atoms with van der Waals surface area (Å²) < 4.78 is 13.1. The highest BCUT2D eigenvalue weighted by molar-refractivity contribution is 9.10. The van der Waals surface area contributed by atoms with E-state index in [9.17, 15) is 9.50 Å². The highest BCUT2D eigenvalue weighted by atomic mass is 79.9. The van der Waals surface area contributed by atoms with E-state index >= 15 is 0 Å². The molecule has 1 aromatic rings. The third-order valence-corrected chi connectivity index (χ3v) is 2.34. The van der Waals surface area contributed by atoms with Crippen LogP contribution in [0.3, 0.4) is 0 Å². The maximum absolute atomic E-state index is 12.8.